The van der Waals surface area contributed by atoms with Crippen molar-refractivity contribution in [2.75, 3.05) is 31.8 Å². The molecule has 0 radical (unpaired) electrons. The molecule has 6 nitrogen and oxygen atoms in total. The van der Waals surface area contributed by atoms with Gasteiger partial charge >= 0.3 is 5.97 Å². The predicted molar refractivity (Wildman–Crippen MR) is 109 cm³/mol. The number of benzene rings is 1. The monoisotopic (exact) mass is 404 g/mol. The van der Waals surface area contributed by atoms with E-state index in [1.54, 1.807) is 0 Å². The lowest BCUT2D eigenvalue weighted by Crippen LogP contribution is -2.37. The number of para-hydroxylation sites is 1. The second kappa shape index (κ2) is 9.45. The number of hydrogen-bond acceptors (Lipinski definition) is 5. The average Bonchev–Trinajstić information content (AvgIpc) is 3.29. The highest BCUT2D eigenvalue weighted by Gasteiger charge is 2.40. The SMILES string of the molecule is CSc1ccccc1NC(=O)CN(C)C(=O)COC(=O)C[C@H]1C[C@H]2CC[C@@H]1C2. The van der Waals surface area contributed by atoms with Crippen molar-refractivity contribution in [2.24, 2.45) is 17.8 Å². The molecule has 0 heterocycles. The van der Waals surface area contributed by atoms with E-state index in [1.807, 2.05) is 30.5 Å². The Labute approximate surface area is 170 Å². The van der Waals surface area contributed by atoms with E-state index < -0.39 is 0 Å². The van der Waals surface area contributed by atoms with Gasteiger partial charge < -0.3 is 15.0 Å². The van der Waals surface area contributed by atoms with Crippen LogP contribution in [-0.4, -0.2) is 49.1 Å². The fourth-order valence-corrected chi connectivity index (χ4v) is 4.95. The van der Waals surface area contributed by atoms with Gasteiger partial charge in [-0.25, -0.2) is 0 Å². The quantitative estimate of drug-likeness (QED) is 0.532. The van der Waals surface area contributed by atoms with Crippen LogP contribution in [0.1, 0.15) is 32.1 Å². The van der Waals surface area contributed by atoms with Gasteiger partial charge in [0, 0.05) is 18.4 Å². The summed E-state index contributed by atoms with van der Waals surface area (Å²) in [6.07, 6.45) is 7.22. The molecule has 3 rings (SSSR count). The van der Waals surface area contributed by atoms with Crippen LogP contribution in [0.25, 0.3) is 0 Å². The molecule has 2 aliphatic carbocycles. The zero-order chi connectivity index (χ0) is 20.1. The number of amides is 2. The molecule has 2 saturated carbocycles. The second-order valence-electron chi connectivity index (χ2n) is 7.80. The molecule has 152 valence electrons. The van der Waals surface area contributed by atoms with Crippen molar-refractivity contribution in [3.63, 3.8) is 0 Å². The number of thioether (sulfide) groups is 1. The van der Waals surface area contributed by atoms with E-state index >= 15 is 0 Å². The maximum absolute atomic E-state index is 12.2. The van der Waals surface area contributed by atoms with Crippen molar-refractivity contribution in [3.05, 3.63) is 24.3 Å². The molecule has 7 heteroatoms. The van der Waals surface area contributed by atoms with Crippen molar-refractivity contribution < 1.29 is 19.1 Å². The minimum absolute atomic E-state index is 0.0918. The van der Waals surface area contributed by atoms with Gasteiger partial charge in [-0.2, -0.15) is 0 Å². The molecule has 0 saturated heterocycles. The molecule has 1 N–H and O–H groups in total. The number of carbonyl (C=O) groups excluding carboxylic acids is 3. The van der Waals surface area contributed by atoms with Gasteiger partial charge in [-0.1, -0.05) is 18.6 Å². The Hall–Kier alpha value is -2.02. The molecule has 0 aliphatic heterocycles. The van der Waals surface area contributed by atoms with Gasteiger partial charge in [0.05, 0.1) is 12.2 Å². The molecule has 0 spiro atoms. The van der Waals surface area contributed by atoms with Gasteiger partial charge in [0.15, 0.2) is 6.61 Å². The van der Waals surface area contributed by atoms with Crippen LogP contribution < -0.4 is 5.32 Å². The highest BCUT2D eigenvalue weighted by molar-refractivity contribution is 7.98. The highest BCUT2D eigenvalue weighted by atomic mass is 32.2. The van der Waals surface area contributed by atoms with E-state index in [2.05, 4.69) is 5.32 Å². The molecule has 1 aromatic carbocycles. The summed E-state index contributed by atoms with van der Waals surface area (Å²) >= 11 is 1.54. The Bertz CT molecular complexity index is 739. The van der Waals surface area contributed by atoms with Crippen molar-refractivity contribution in [1.29, 1.82) is 0 Å². The lowest BCUT2D eigenvalue weighted by Gasteiger charge is -2.21. The maximum atomic E-state index is 12.2. The number of esters is 1. The van der Waals surface area contributed by atoms with Gasteiger partial charge in [-0.05, 0) is 55.4 Å². The van der Waals surface area contributed by atoms with E-state index in [1.165, 1.54) is 43.0 Å². The van der Waals surface area contributed by atoms with Crippen LogP contribution in [0.4, 0.5) is 5.69 Å². The maximum Gasteiger partial charge on any atom is 0.306 e. The Balaban J connectivity index is 1.39. The number of nitrogens with one attached hydrogen (secondary N) is 1. The van der Waals surface area contributed by atoms with Gasteiger partial charge in [-0.3, -0.25) is 14.4 Å². The molecule has 2 fully saturated rings. The minimum atomic E-state index is -0.380. The Morgan fingerprint density at radius 1 is 1.21 bits per heavy atom. The van der Waals surface area contributed by atoms with Gasteiger partial charge in [0.1, 0.15) is 0 Å². The van der Waals surface area contributed by atoms with Crippen LogP contribution in [0.2, 0.25) is 0 Å². The van der Waals surface area contributed by atoms with E-state index in [-0.39, 0.29) is 30.9 Å². The van der Waals surface area contributed by atoms with Crippen LogP contribution >= 0.6 is 11.8 Å². The third kappa shape index (κ3) is 5.28. The number of rotatable bonds is 8. The first-order chi connectivity index (χ1) is 13.5. The summed E-state index contributed by atoms with van der Waals surface area (Å²) in [5, 5.41) is 2.81. The van der Waals surface area contributed by atoms with Crippen LogP contribution in [-0.2, 0) is 19.1 Å². The highest BCUT2D eigenvalue weighted by Crippen LogP contribution is 2.49. The van der Waals surface area contributed by atoms with E-state index in [0.29, 0.717) is 18.3 Å². The molecule has 2 bridgehead atoms. The zero-order valence-corrected chi connectivity index (χ0v) is 17.3. The van der Waals surface area contributed by atoms with E-state index in [9.17, 15) is 14.4 Å². The molecule has 0 aromatic heterocycles. The molecule has 0 unspecified atom stereocenters. The van der Waals surface area contributed by atoms with Crippen LogP contribution in [0.3, 0.4) is 0 Å². The van der Waals surface area contributed by atoms with Crippen molar-refractivity contribution in [2.45, 2.75) is 37.0 Å². The predicted octanol–water partition coefficient (Wildman–Crippen LogP) is 3.17. The number of likely N-dealkylation sites (N-methyl/N-ethyl adjacent to an activating group) is 1. The first-order valence-electron chi connectivity index (χ1n) is 9.78. The minimum Gasteiger partial charge on any atom is -0.456 e. The van der Waals surface area contributed by atoms with Crippen molar-refractivity contribution >= 4 is 35.2 Å². The van der Waals surface area contributed by atoms with Crippen molar-refractivity contribution in [3.8, 4) is 0 Å². The Morgan fingerprint density at radius 3 is 2.68 bits per heavy atom. The summed E-state index contributed by atoms with van der Waals surface area (Å²) in [5.41, 5.74) is 0.720. The molecular formula is C21H28N2O4S. The molecule has 2 amide bonds. The average molecular weight is 405 g/mol. The number of carbonyl (C=O) groups is 3. The lowest BCUT2D eigenvalue weighted by atomic mass is 9.86. The standard InChI is InChI=1S/C21H28N2O4S/c1-23(12-19(24)22-17-5-3-4-6-18(17)28-2)20(25)13-27-21(26)11-16-10-14-7-8-15(16)9-14/h3-6,14-16H,7-13H2,1-2H3,(H,22,24)/t14-,15+,16+/m0/s1. The lowest BCUT2D eigenvalue weighted by molar-refractivity contribution is -0.152. The molecular weight excluding hydrogens is 376 g/mol. The smallest absolute Gasteiger partial charge is 0.306 e. The fourth-order valence-electron chi connectivity index (χ4n) is 4.39. The number of nitrogens with zero attached hydrogens (tertiary/aromatic N) is 1. The van der Waals surface area contributed by atoms with Gasteiger partial charge in [0.2, 0.25) is 5.91 Å². The number of fused-ring (bicyclic) bond motifs is 2. The molecule has 2 aliphatic rings. The topological polar surface area (TPSA) is 75.7 Å². The van der Waals surface area contributed by atoms with Gasteiger partial charge in [0.25, 0.3) is 5.91 Å². The second-order valence-corrected chi connectivity index (χ2v) is 8.65. The fraction of sp³-hybridized carbons (Fsp3) is 0.571. The van der Waals surface area contributed by atoms with Crippen molar-refractivity contribution in [1.82, 2.24) is 4.90 Å². The van der Waals surface area contributed by atoms with E-state index in [4.69, 9.17) is 4.74 Å². The normalized spacial score (nSPS) is 22.7. The number of ether oxygens (including phenoxy) is 1. The Kier molecular flexibility index (Phi) is 6.99. The summed E-state index contributed by atoms with van der Waals surface area (Å²) < 4.78 is 5.17. The summed E-state index contributed by atoms with van der Waals surface area (Å²) in [4.78, 5) is 38.7. The molecule has 28 heavy (non-hydrogen) atoms. The largest absolute Gasteiger partial charge is 0.456 e. The Morgan fingerprint density at radius 2 is 2.00 bits per heavy atom. The number of hydrogen-bond donors (Lipinski definition) is 1. The van der Waals surface area contributed by atoms with E-state index in [0.717, 1.165) is 22.9 Å². The zero-order valence-electron chi connectivity index (χ0n) is 16.5. The van der Waals surface area contributed by atoms with Crippen LogP contribution in [0.15, 0.2) is 29.2 Å². The first-order valence-corrected chi connectivity index (χ1v) is 11.0. The van der Waals surface area contributed by atoms with Gasteiger partial charge in [-0.15, -0.1) is 11.8 Å². The van der Waals surface area contributed by atoms with Crippen LogP contribution in [0.5, 0.6) is 0 Å². The third-order valence-electron chi connectivity index (χ3n) is 5.86. The summed E-state index contributed by atoms with van der Waals surface area (Å²) in [7, 11) is 1.53. The first kappa shape index (κ1) is 20.7. The van der Waals surface area contributed by atoms with Crippen LogP contribution in [0, 0.1) is 17.8 Å². The summed E-state index contributed by atoms with van der Waals surface area (Å²) in [5.74, 6) is 0.883. The number of anilines is 1. The summed E-state index contributed by atoms with van der Waals surface area (Å²) in [6.45, 7) is -0.406. The molecule has 3 atom stereocenters. The molecule has 1 aromatic rings. The third-order valence-corrected chi connectivity index (χ3v) is 6.65. The summed E-state index contributed by atoms with van der Waals surface area (Å²) in [6, 6.07) is 7.50.